The Kier molecular flexibility index (Phi) is 4.76. The van der Waals surface area contributed by atoms with Crippen molar-refractivity contribution < 1.29 is 4.79 Å². The maximum absolute atomic E-state index is 11.8. The molecule has 0 saturated carbocycles. The summed E-state index contributed by atoms with van der Waals surface area (Å²) in [5.41, 5.74) is 2.22. The molecule has 1 aromatic carbocycles. The third-order valence-corrected chi connectivity index (χ3v) is 4.49. The zero-order chi connectivity index (χ0) is 16.2. The minimum Gasteiger partial charge on any atom is -0.334 e. The van der Waals surface area contributed by atoms with E-state index in [2.05, 4.69) is 40.8 Å². The second-order valence-corrected chi connectivity index (χ2v) is 5.97. The van der Waals surface area contributed by atoms with Gasteiger partial charge in [-0.05, 0) is 38.0 Å². The summed E-state index contributed by atoms with van der Waals surface area (Å²) in [6.45, 7) is 6.78. The Morgan fingerprint density at radius 1 is 1.30 bits per heavy atom. The number of aryl methyl sites for hydroxylation is 1. The number of hydrogen-bond acceptors (Lipinski definition) is 3. The van der Waals surface area contributed by atoms with Crippen LogP contribution in [-0.4, -0.2) is 22.0 Å². The van der Waals surface area contributed by atoms with Crippen molar-refractivity contribution >= 4 is 11.6 Å². The number of hydrogen-bond donors (Lipinski definition) is 1. The highest BCUT2D eigenvalue weighted by Gasteiger charge is 2.21. The van der Waals surface area contributed by atoms with Crippen molar-refractivity contribution in [3.63, 3.8) is 0 Å². The van der Waals surface area contributed by atoms with E-state index in [9.17, 15) is 4.79 Å². The molecule has 1 atom stereocenters. The molecule has 2 heterocycles. The molecule has 0 unspecified atom stereocenters. The van der Waals surface area contributed by atoms with Crippen molar-refractivity contribution in [3.8, 4) is 0 Å². The summed E-state index contributed by atoms with van der Waals surface area (Å²) in [6, 6.07) is 8.53. The number of carbonyl (C=O) groups excluding carboxylic acids is 1. The molecule has 3 rings (SSSR count). The minimum absolute atomic E-state index is 0.232. The van der Waals surface area contributed by atoms with Crippen LogP contribution in [0, 0.1) is 0 Å². The number of anilines is 1. The zero-order valence-corrected chi connectivity index (χ0v) is 13.8. The molecule has 0 bridgehead atoms. The Morgan fingerprint density at radius 2 is 2.09 bits per heavy atom. The van der Waals surface area contributed by atoms with E-state index in [-0.39, 0.29) is 11.9 Å². The van der Waals surface area contributed by atoms with E-state index in [4.69, 9.17) is 0 Å². The summed E-state index contributed by atoms with van der Waals surface area (Å²) in [5.74, 6) is 1.29. The number of aromatic nitrogens is 2. The van der Waals surface area contributed by atoms with Crippen LogP contribution >= 0.6 is 0 Å². The minimum atomic E-state index is 0.232. The Labute approximate surface area is 137 Å². The molecule has 1 fully saturated rings. The van der Waals surface area contributed by atoms with Gasteiger partial charge in [-0.25, -0.2) is 4.98 Å². The molecule has 2 aromatic rings. The molecule has 0 aliphatic carbocycles. The van der Waals surface area contributed by atoms with Crippen LogP contribution in [0.2, 0.25) is 0 Å². The molecule has 5 heteroatoms. The van der Waals surface area contributed by atoms with E-state index in [1.54, 1.807) is 0 Å². The van der Waals surface area contributed by atoms with Gasteiger partial charge in [0.2, 0.25) is 5.91 Å². The maximum atomic E-state index is 11.8. The van der Waals surface area contributed by atoms with Gasteiger partial charge in [0.15, 0.2) is 0 Å². The van der Waals surface area contributed by atoms with Crippen LogP contribution in [0.15, 0.2) is 36.7 Å². The molecule has 0 spiro atoms. The van der Waals surface area contributed by atoms with Gasteiger partial charge in [0.05, 0.1) is 6.54 Å². The van der Waals surface area contributed by atoms with Gasteiger partial charge in [-0.1, -0.05) is 12.1 Å². The largest absolute Gasteiger partial charge is 0.334 e. The average Bonchev–Trinajstić information content (AvgIpc) is 3.21. The highest BCUT2D eigenvalue weighted by Crippen LogP contribution is 2.23. The number of imidazole rings is 1. The number of rotatable bonds is 6. The predicted molar refractivity (Wildman–Crippen MR) is 91.2 cm³/mol. The maximum Gasteiger partial charge on any atom is 0.227 e. The lowest BCUT2D eigenvalue weighted by Crippen LogP contribution is -2.24. The summed E-state index contributed by atoms with van der Waals surface area (Å²) < 4.78 is 2.14. The molecular formula is C18H24N4O. The summed E-state index contributed by atoms with van der Waals surface area (Å²) in [6.07, 6.45) is 5.48. The molecule has 1 saturated heterocycles. The van der Waals surface area contributed by atoms with Gasteiger partial charge in [-0.3, -0.25) is 4.79 Å². The van der Waals surface area contributed by atoms with Crippen LogP contribution in [0.25, 0.3) is 0 Å². The van der Waals surface area contributed by atoms with E-state index >= 15 is 0 Å². The summed E-state index contributed by atoms with van der Waals surface area (Å²) in [4.78, 5) is 18.1. The van der Waals surface area contributed by atoms with E-state index in [0.29, 0.717) is 6.42 Å². The number of carbonyl (C=O) groups is 1. The van der Waals surface area contributed by atoms with Crippen LogP contribution in [-0.2, 0) is 17.9 Å². The SMILES string of the molecule is CCn1ccnc1CN[C@H](C)c1ccc(N2CCCC2=O)cc1. The lowest BCUT2D eigenvalue weighted by Gasteiger charge is -2.18. The van der Waals surface area contributed by atoms with Gasteiger partial charge in [-0.2, -0.15) is 0 Å². The highest BCUT2D eigenvalue weighted by molar-refractivity contribution is 5.95. The quantitative estimate of drug-likeness (QED) is 0.892. The number of amides is 1. The number of benzene rings is 1. The first-order valence-electron chi connectivity index (χ1n) is 8.32. The van der Waals surface area contributed by atoms with Gasteiger partial charge < -0.3 is 14.8 Å². The third kappa shape index (κ3) is 3.45. The average molecular weight is 312 g/mol. The fraction of sp³-hybridized carbons (Fsp3) is 0.444. The Morgan fingerprint density at radius 3 is 2.74 bits per heavy atom. The Bertz CT molecular complexity index is 662. The van der Waals surface area contributed by atoms with E-state index in [1.807, 2.05) is 29.4 Å². The van der Waals surface area contributed by atoms with Gasteiger partial charge >= 0.3 is 0 Å². The molecule has 23 heavy (non-hydrogen) atoms. The van der Waals surface area contributed by atoms with Gasteiger partial charge in [-0.15, -0.1) is 0 Å². The lowest BCUT2D eigenvalue weighted by atomic mass is 10.1. The fourth-order valence-electron chi connectivity index (χ4n) is 3.02. The Hall–Kier alpha value is -2.14. The highest BCUT2D eigenvalue weighted by atomic mass is 16.2. The fourth-order valence-corrected chi connectivity index (χ4v) is 3.02. The van der Waals surface area contributed by atoms with Crippen molar-refractivity contribution in [1.29, 1.82) is 0 Å². The molecule has 5 nitrogen and oxygen atoms in total. The van der Waals surface area contributed by atoms with Gasteiger partial charge in [0.1, 0.15) is 5.82 Å². The zero-order valence-electron chi connectivity index (χ0n) is 13.8. The number of nitrogens with zero attached hydrogens (tertiary/aromatic N) is 3. The molecule has 0 radical (unpaired) electrons. The van der Waals surface area contributed by atoms with Crippen molar-refractivity contribution in [2.45, 2.75) is 45.8 Å². The van der Waals surface area contributed by atoms with Crippen LogP contribution in [0.1, 0.15) is 44.1 Å². The van der Waals surface area contributed by atoms with Crippen LogP contribution in [0.4, 0.5) is 5.69 Å². The van der Waals surface area contributed by atoms with Gasteiger partial charge in [0, 0.05) is 43.6 Å². The molecule has 1 N–H and O–H groups in total. The van der Waals surface area contributed by atoms with Crippen LogP contribution in [0.3, 0.4) is 0 Å². The summed E-state index contributed by atoms with van der Waals surface area (Å²) >= 11 is 0. The standard InChI is InChI=1S/C18H24N4O/c1-3-21-12-10-19-17(21)13-20-14(2)15-6-8-16(9-7-15)22-11-4-5-18(22)23/h6-10,12,14,20H,3-5,11,13H2,1-2H3/t14-/m1/s1. The number of nitrogens with one attached hydrogen (secondary N) is 1. The molecule has 1 aromatic heterocycles. The Balaban J connectivity index is 1.61. The topological polar surface area (TPSA) is 50.2 Å². The van der Waals surface area contributed by atoms with Gasteiger partial charge in [0.25, 0.3) is 0 Å². The van der Waals surface area contributed by atoms with Crippen LogP contribution < -0.4 is 10.2 Å². The second kappa shape index (κ2) is 6.96. The molecule has 122 valence electrons. The summed E-state index contributed by atoms with van der Waals surface area (Å²) in [5, 5.41) is 3.51. The van der Waals surface area contributed by atoms with E-state index < -0.39 is 0 Å². The second-order valence-electron chi connectivity index (χ2n) is 5.97. The summed E-state index contributed by atoms with van der Waals surface area (Å²) in [7, 11) is 0. The lowest BCUT2D eigenvalue weighted by molar-refractivity contribution is -0.117. The first kappa shape index (κ1) is 15.7. The van der Waals surface area contributed by atoms with Crippen molar-refractivity contribution in [2.24, 2.45) is 0 Å². The van der Waals surface area contributed by atoms with E-state index in [1.165, 1.54) is 5.56 Å². The smallest absolute Gasteiger partial charge is 0.227 e. The third-order valence-electron chi connectivity index (χ3n) is 4.49. The first-order chi connectivity index (χ1) is 11.2. The monoisotopic (exact) mass is 312 g/mol. The normalized spacial score (nSPS) is 16.1. The molecule has 1 aliphatic heterocycles. The van der Waals surface area contributed by atoms with Crippen molar-refractivity contribution in [3.05, 3.63) is 48.0 Å². The molecule has 1 amide bonds. The van der Waals surface area contributed by atoms with Crippen LogP contribution in [0.5, 0.6) is 0 Å². The van der Waals surface area contributed by atoms with Crippen molar-refractivity contribution in [2.75, 3.05) is 11.4 Å². The predicted octanol–water partition coefficient (Wildman–Crippen LogP) is 2.88. The van der Waals surface area contributed by atoms with Crippen molar-refractivity contribution in [1.82, 2.24) is 14.9 Å². The van der Waals surface area contributed by atoms with E-state index in [0.717, 1.165) is 37.6 Å². The molecular weight excluding hydrogens is 288 g/mol. The molecule has 1 aliphatic rings. The first-order valence-corrected chi connectivity index (χ1v) is 8.32.